The molecule has 2 fully saturated rings. The summed E-state index contributed by atoms with van der Waals surface area (Å²) in [6, 6.07) is 1.81. The van der Waals surface area contributed by atoms with E-state index in [4.69, 9.17) is 4.42 Å². The summed E-state index contributed by atoms with van der Waals surface area (Å²) in [5, 5.41) is 3.04. The molecule has 2 bridgehead atoms. The molecule has 122 valence electrons. The number of hydrogen-bond donors (Lipinski definition) is 1. The highest BCUT2D eigenvalue weighted by Gasteiger charge is 2.45. The molecule has 1 aromatic heterocycles. The maximum atomic E-state index is 12.4. The molecule has 2 atom stereocenters. The summed E-state index contributed by atoms with van der Waals surface area (Å²) < 4.78 is 30.8. The standard InChI is InChI=1S/C15H22N2O4S/c1-9-6-14(10(2)21-9)15(18)16-11-7-12-4-5-13(8-11)17(12)22(3,19)20/h6,11-13H,4-5,7-8H2,1-3H3,(H,16,18). The van der Waals surface area contributed by atoms with Crippen LogP contribution < -0.4 is 5.32 Å². The van der Waals surface area contributed by atoms with Gasteiger partial charge in [0, 0.05) is 18.1 Å². The number of sulfonamides is 1. The highest BCUT2D eigenvalue weighted by molar-refractivity contribution is 7.88. The van der Waals surface area contributed by atoms with Crippen LogP contribution in [0.15, 0.2) is 10.5 Å². The number of carbonyl (C=O) groups excluding carboxylic acids is 1. The van der Waals surface area contributed by atoms with Gasteiger partial charge in [-0.05, 0) is 45.6 Å². The van der Waals surface area contributed by atoms with E-state index in [1.165, 1.54) is 6.26 Å². The number of nitrogens with zero attached hydrogens (tertiary/aromatic N) is 1. The molecule has 3 heterocycles. The molecule has 1 amide bonds. The average Bonchev–Trinajstić information content (AvgIpc) is 2.87. The van der Waals surface area contributed by atoms with Gasteiger partial charge in [-0.25, -0.2) is 8.42 Å². The van der Waals surface area contributed by atoms with Crippen LogP contribution in [0, 0.1) is 13.8 Å². The Hall–Kier alpha value is -1.34. The first kappa shape index (κ1) is 15.6. The topological polar surface area (TPSA) is 79.6 Å². The molecule has 0 aliphatic carbocycles. The number of nitrogens with one attached hydrogen (secondary N) is 1. The Kier molecular flexibility index (Phi) is 3.81. The lowest BCUT2D eigenvalue weighted by atomic mass is 9.99. The number of amides is 1. The minimum Gasteiger partial charge on any atom is -0.466 e. The van der Waals surface area contributed by atoms with Crippen molar-refractivity contribution in [3.8, 4) is 0 Å². The first-order valence-corrected chi connectivity index (χ1v) is 9.47. The van der Waals surface area contributed by atoms with Crippen molar-refractivity contribution in [2.45, 2.75) is 57.7 Å². The van der Waals surface area contributed by atoms with E-state index in [2.05, 4.69) is 5.32 Å². The second-order valence-electron chi connectivity index (χ2n) is 6.45. The maximum absolute atomic E-state index is 12.4. The second-order valence-corrected chi connectivity index (χ2v) is 8.33. The largest absolute Gasteiger partial charge is 0.466 e. The predicted molar refractivity (Wildman–Crippen MR) is 82.2 cm³/mol. The van der Waals surface area contributed by atoms with Gasteiger partial charge < -0.3 is 9.73 Å². The number of piperidine rings is 1. The van der Waals surface area contributed by atoms with Gasteiger partial charge >= 0.3 is 0 Å². The zero-order chi connectivity index (χ0) is 16.1. The van der Waals surface area contributed by atoms with Gasteiger partial charge in [-0.1, -0.05) is 0 Å². The number of rotatable bonds is 3. The van der Waals surface area contributed by atoms with Crippen molar-refractivity contribution >= 4 is 15.9 Å². The number of furan rings is 1. The van der Waals surface area contributed by atoms with Crippen LogP contribution >= 0.6 is 0 Å². The van der Waals surface area contributed by atoms with Gasteiger partial charge in [0.15, 0.2) is 0 Å². The monoisotopic (exact) mass is 326 g/mol. The van der Waals surface area contributed by atoms with Gasteiger partial charge in [0.1, 0.15) is 11.5 Å². The lowest BCUT2D eigenvalue weighted by molar-refractivity contribution is 0.0908. The smallest absolute Gasteiger partial charge is 0.255 e. The van der Waals surface area contributed by atoms with Crippen LogP contribution in [0.25, 0.3) is 0 Å². The summed E-state index contributed by atoms with van der Waals surface area (Å²) in [6.45, 7) is 3.59. The van der Waals surface area contributed by atoms with Gasteiger partial charge in [0.25, 0.3) is 5.91 Å². The normalized spacial score (nSPS) is 28.8. The van der Waals surface area contributed by atoms with E-state index in [0.717, 1.165) is 18.6 Å². The van der Waals surface area contributed by atoms with Crippen LogP contribution in [-0.4, -0.2) is 43.0 Å². The van der Waals surface area contributed by atoms with Crippen molar-refractivity contribution in [1.29, 1.82) is 0 Å². The molecule has 0 saturated carbocycles. The first-order chi connectivity index (χ1) is 10.3. The third-order valence-corrected chi connectivity index (χ3v) is 6.03. The van der Waals surface area contributed by atoms with Crippen LogP contribution in [0.1, 0.15) is 47.6 Å². The van der Waals surface area contributed by atoms with E-state index in [0.29, 0.717) is 24.2 Å². The summed E-state index contributed by atoms with van der Waals surface area (Å²) in [7, 11) is -3.16. The lowest BCUT2D eigenvalue weighted by Crippen LogP contribution is -2.52. The van der Waals surface area contributed by atoms with Crippen LogP contribution in [0.5, 0.6) is 0 Å². The number of fused-ring (bicyclic) bond motifs is 2. The molecular weight excluding hydrogens is 304 g/mol. The number of carbonyl (C=O) groups is 1. The quantitative estimate of drug-likeness (QED) is 0.914. The first-order valence-electron chi connectivity index (χ1n) is 7.62. The molecule has 3 rings (SSSR count). The summed E-state index contributed by atoms with van der Waals surface area (Å²) in [4.78, 5) is 12.4. The molecule has 1 N–H and O–H groups in total. The number of aryl methyl sites for hydroxylation is 2. The molecule has 1 aromatic rings. The third-order valence-electron chi connectivity index (χ3n) is 4.67. The van der Waals surface area contributed by atoms with E-state index in [-0.39, 0.29) is 24.0 Å². The summed E-state index contributed by atoms with van der Waals surface area (Å²) in [5.41, 5.74) is 0.565. The maximum Gasteiger partial charge on any atom is 0.255 e. The Balaban J connectivity index is 1.69. The van der Waals surface area contributed by atoms with Gasteiger partial charge in [-0.3, -0.25) is 4.79 Å². The molecule has 0 spiro atoms. The average molecular weight is 326 g/mol. The van der Waals surface area contributed by atoms with Crippen LogP contribution in [0.4, 0.5) is 0 Å². The minimum atomic E-state index is -3.16. The molecule has 2 unspecified atom stereocenters. The second kappa shape index (κ2) is 5.38. The summed E-state index contributed by atoms with van der Waals surface area (Å²) in [6.07, 6.45) is 4.41. The molecule has 0 radical (unpaired) electrons. The zero-order valence-electron chi connectivity index (χ0n) is 13.1. The van der Waals surface area contributed by atoms with Gasteiger partial charge in [-0.15, -0.1) is 0 Å². The minimum absolute atomic E-state index is 0.0197. The molecule has 2 aliphatic heterocycles. The van der Waals surface area contributed by atoms with Crippen molar-refractivity contribution in [1.82, 2.24) is 9.62 Å². The van der Waals surface area contributed by atoms with Crippen LogP contribution in [0.2, 0.25) is 0 Å². The highest BCUT2D eigenvalue weighted by Crippen LogP contribution is 2.37. The van der Waals surface area contributed by atoms with E-state index >= 15 is 0 Å². The Morgan fingerprint density at radius 1 is 1.27 bits per heavy atom. The van der Waals surface area contributed by atoms with Crippen molar-refractivity contribution in [3.05, 3.63) is 23.2 Å². The van der Waals surface area contributed by atoms with E-state index in [1.54, 1.807) is 17.3 Å². The Morgan fingerprint density at radius 3 is 2.32 bits per heavy atom. The molecular formula is C15H22N2O4S. The van der Waals surface area contributed by atoms with Gasteiger partial charge in [-0.2, -0.15) is 4.31 Å². The van der Waals surface area contributed by atoms with E-state index < -0.39 is 10.0 Å². The Labute approximate surface area is 130 Å². The van der Waals surface area contributed by atoms with Crippen LogP contribution in [-0.2, 0) is 10.0 Å². The third kappa shape index (κ3) is 2.79. The SMILES string of the molecule is Cc1cc(C(=O)NC2CC3CCC(C2)N3S(C)(=O)=O)c(C)o1. The van der Waals surface area contributed by atoms with Crippen molar-refractivity contribution in [3.63, 3.8) is 0 Å². The summed E-state index contributed by atoms with van der Waals surface area (Å²) in [5.74, 6) is 1.20. The summed E-state index contributed by atoms with van der Waals surface area (Å²) >= 11 is 0. The van der Waals surface area contributed by atoms with Crippen molar-refractivity contribution in [2.24, 2.45) is 0 Å². The fourth-order valence-electron chi connectivity index (χ4n) is 3.91. The predicted octanol–water partition coefficient (Wildman–Crippen LogP) is 1.58. The molecule has 0 aromatic carbocycles. The molecule has 6 nitrogen and oxygen atoms in total. The van der Waals surface area contributed by atoms with E-state index in [1.807, 2.05) is 6.92 Å². The van der Waals surface area contributed by atoms with Gasteiger partial charge in [0.05, 0.1) is 11.8 Å². The van der Waals surface area contributed by atoms with Gasteiger partial charge in [0.2, 0.25) is 10.0 Å². The zero-order valence-corrected chi connectivity index (χ0v) is 13.9. The highest BCUT2D eigenvalue weighted by atomic mass is 32.2. The molecule has 7 heteroatoms. The fraction of sp³-hybridized carbons (Fsp3) is 0.667. The Morgan fingerprint density at radius 2 is 1.86 bits per heavy atom. The van der Waals surface area contributed by atoms with Crippen molar-refractivity contribution < 1.29 is 17.6 Å². The molecule has 2 aliphatic rings. The van der Waals surface area contributed by atoms with E-state index in [9.17, 15) is 13.2 Å². The fourth-order valence-corrected chi connectivity index (χ4v) is 5.38. The number of hydrogen-bond acceptors (Lipinski definition) is 4. The lowest BCUT2D eigenvalue weighted by Gasteiger charge is -2.37. The molecule has 2 saturated heterocycles. The Bertz CT molecular complexity index is 680. The van der Waals surface area contributed by atoms with Crippen molar-refractivity contribution in [2.75, 3.05) is 6.26 Å². The molecule has 22 heavy (non-hydrogen) atoms. The van der Waals surface area contributed by atoms with Crippen LogP contribution in [0.3, 0.4) is 0 Å².